The normalized spacial score (nSPS) is 14.8. The van der Waals surface area contributed by atoms with Crippen LogP contribution in [-0.4, -0.2) is 19.8 Å². The third-order valence-electron chi connectivity index (χ3n) is 2.72. The molecule has 0 bridgehead atoms. The van der Waals surface area contributed by atoms with Gasteiger partial charge in [-0.25, -0.2) is 4.39 Å². The van der Waals surface area contributed by atoms with E-state index in [4.69, 9.17) is 4.74 Å². The van der Waals surface area contributed by atoms with Crippen molar-refractivity contribution in [2.45, 2.75) is 32.4 Å². The molecule has 3 heteroatoms. The quantitative estimate of drug-likeness (QED) is 0.803. The van der Waals surface area contributed by atoms with Crippen molar-refractivity contribution in [3.8, 4) is 0 Å². The highest BCUT2D eigenvalue weighted by molar-refractivity contribution is 5.20. The van der Waals surface area contributed by atoms with E-state index < -0.39 is 0 Å². The van der Waals surface area contributed by atoms with Gasteiger partial charge in [-0.15, -0.1) is 0 Å². The average Bonchev–Trinajstić information content (AvgIpc) is 2.28. The van der Waals surface area contributed by atoms with Crippen molar-refractivity contribution in [2.75, 3.05) is 13.7 Å². The number of hydrogen-bond donors (Lipinski definition) is 1. The first-order valence-electron chi connectivity index (χ1n) is 5.68. The number of hydrogen-bond acceptors (Lipinski definition) is 2. The Morgan fingerprint density at radius 3 is 2.62 bits per heavy atom. The van der Waals surface area contributed by atoms with Gasteiger partial charge in [-0.2, -0.15) is 0 Å². The Morgan fingerprint density at radius 1 is 1.38 bits per heavy atom. The Kier molecular flexibility index (Phi) is 5.43. The van der Waals surface area contributed by atoms with Gasteiger partial charge in [0.2, 0.25) is 0 Å². The van der Waals surface area contributed by atoms with E-state index in [9.17, 15) is 4.39 Å². The number of methoxy groups -OCH3 is 1. The SMILES string of the molecule is CCC(COC)NC(C)c1ccccc1F. The van der Waals surface area contributed by atoms with Crippen LogP contribution in [0.1, 0.15) is 31.9 Å². The van der Waals surface area contributed by atoms with Gasteiger partial charge in [0.05, 0.1) is 6.61 Å². The van der Waals surface area contributed by atoms with E-state index >= 15 is 0 Å². The first-order valence-corrected chi connectivity index (χ1v) is 5.68. The van der Waals surface area contributed by atoms with E-state index in [0.29, 0.717) is 12.2 Å². The van der Waals surface area contributed by atoms with Crippen LogP contribution in [0.25, 0.3) is 0 Å². The highest BCUT2D eigenvalue weighted by atomic mass is 19.1. The summed E-state index contributed by atoms with van der Waals surface area (Å²) in [6.07, 6.45) is 0.965. The second-order valence-corrected chi connectivity index (χ2v) is 3.97. The summed E-state index contributed by atoms with van der Waals surface area (Å²) < 4.78 is 18.6. The summed E-state index contributed by atoms with van der Waals surface area (Å²) in [5, 5.41) is 3.36. The number of ether oxygens (including phenoxy) is 1. The molecule has 2 unspecified atom stereocenters. The number of benzene rings is 1. The van der Waals surface area contributed by atoms with Crippen LogP contribution in [0, 0.1) is 5.82 Å². The molecule has 0 amide bonds. The second kappa shape index (κ2) is 6.61. The summed E-state index contributed by atoms with van der Waals surface area (Å²) in [7, 11) is 1.68. The van der Waals surface area contributed by atoms with Gasteiger partial charge in [0.15, 0.2) is 0 Å². The number of rotatable bonds is 6. The summed E-state index contributed by atoms with van der Waals surface area (Å²) in [4.78, 5) is 0. The zero-order valence-corrected chi connectivity index (χ0v) is 10.2. The summed E-state index contributed by atoms with van der Waals surface area (Å²) in [5.74, 6) is -0.158. The highest BCUT2D eigenvalue weighted by Crippen LogP contribution is 2.17. The third kappa shape index (κ3) is 3.58. The molecule has 90 valence electrons. The lowest BCUT2D eigenvalue weighted by Gasteiger charge is -2.22. The molecule has 1 rings (SSSR count). The van der Waals surface area contributed by atoms with Crippen molar-refractivity contribution in [1.82, 2.24) is 5.32 Å². The van der Waals surface area contributed by atoms with E-state index in [1.807, 2.05) is 19.1 Å². The van der Waals surface area contributed by atoms with Crippen LogP contribution < -0.4 is 5.32 Å². The van der Waals surface area contributed by atoms with Crippen LogP contribution >= 0.6 is 0 Å². The molecule has 2 atom stereocenters. The van der Waals surface area contributed by atoms with Crippen LogP contribution in [-0.2, 0) is 4.74 Å². The van der Waals surface area contributed by atoms with Gasteiger partial charge >= 0.3 is 0 Å². The molecule has 0 spiro atoms. The average molecular weight is 225 g/mol. The molecule has 1 aromatic rings. The number of nitrogens with one attached hydrogen (secondary N) is 1. The predicted octanol–water partition coefficient (Wildman–Crippen LogP) is 2.90. The first-order chi connectivity index (χ1) is 7.69. The van der Waals surface area contributed by atoms with Gasteiger partial charge in [-0.05, 0) is 19.4 Å². The van der Waals surface area contributed by atoms with Crippen molar-refractivity contribution >= 4 is 0 Å². The van der Waals surface area contributed by atoms with Crippen LogP contribution in [0.15, 0.2) is 24.3 Å². The van der Waals surface area contributed by atoms with Crippen molar-refractivity contribution in [3.05, 3.63) is 35.6 Å². The fourth-order valence-electron chi connectivity index (χ4n) is 1.75. The smallest absolute Gasteiger partial charge is 0.127 e. The molecule has 0 fully saturated rings. The molecule has 0 aliphatic carbocycles. The Hall–Kier alpha value is -0.930. The maximum absolute atomic E-state index is 13.5. The molecule has 0 saturated carbocycles. The largest absolute Gasteiger partial charge is 0.383 e. The van der Waals surface area contributed by atoms with Crippen LogP contribution in [0.4, 0.5) is 4.39 Å². The predicted molar refractivity (Wildman–Crippen MR) is 63.9 cm³/mol. The highest BCUT2D eigenvalue weighted by Gasteiger charge is 2.14. The van der Waals surface area contributed by atoms with Crippen molar-refractivity contribution < 1.29 is 9.13 Å². The molecule has 1 aromatic carbocycles. The lowest BCUT2D eigenvalue weighted by atomic mass is 10.1. The van der Waals surface area contributed by atoms with Gasteiger partial charge in [0, 0.05) is 24.8 Å². The molecule has 0 saturated heterocycles. The Labute approximate surface area is 96.8 Å². The van der Waals surface area contributed by atoms with Crippen LogP contribution in [0.5, 0.6) is 0 Å². The van der Waals surface area contributed by atoms with Crippen molar-refractivity contribution in [3.63, 3.8) is 0 Å². The molecule has 16 heavy (non-hydrogen) atoms. The summed E-state index contributed by atoms with van der Waals surface area (Å²) >= 11 is 0. The summed E-state index contributed by atoms with van der Waals surface area (Å²) in [6.45, 7) is 4.71. The first kappa shape index (κ1) is 13.1. The lowest BCUT2D eigenvalue weighted by Crippen LogP contribution is -2.34. The van der Waals surface area contributed by atoms with E-state index in [0.717, 1.165) is 6.42 Å². The van der Waals surface area contributed by atoms with Gasteiger partial charge in [-0.1, -0.05) is 25.1 Å². The zero-order chi connectivity index (χ0) is 12.0. The van der Waals surface area contributed by atoms with E-state index in [2.05, 4.69) is 12.2 Å². The number of halogens is 1. The third-order valence-corrected chi connectivity index (χ3v) is 2.72. The minimum absolute atomic E-state index is 0.00120. The molecule has 0 heterocycles. The molecule has 0 aromatic heterocycles. The monoisotopic (exact) mass is 225 g/mol. The van der Waals surface area contributed by atoms with Crippen LogP contribution in [0.2, 0.25) is 0 Å². The lowest BCUT2D eigenvalue weighted by molar-refractivity contribution is 0.159. The zero-order valence-electron chi connectivity index (χ0n) is 10.2. The van der Waals surface area contributed by atoms with E-state index in [1.54, 1.807) is 13.2 Å². The van der Waals surface area contributed by atoms with E-state index in [1.165, 1.54) is 6.07 Å². The Morgan fingerprint density at radius 2 is 2.06 bits per heavy atom. The fraction of sp³-hybridized carbons (Fsp3) is 0.538. The van der Waals surface area contributed by atoms with Crippen LogP contribution in [0.3, 0.4) is 0 Å². The van der Waals surface area contributed by atoms with E-state index in [-0.39, 0.29) is 17.9 Å². The molecule has 0 radical (unpaired) electrons. The maximum atomic E-state index is 13.5. The Bertz CT molecular complexity index is 317. The topological polar surface area (TPSA) is 21.3 Å². The van der Waals surface area contributed by atoms with Gasteiger partial charge < -0.3 is 10.1 Å². The molecular weight excluding hydrogens is 205 g/mol. The minimum Gasteiger partial charge on any atom is -0.383 e. The summed E-state index contributed by atoms with van der Waals surface area (Å²) in [6, 6.07) is 7.13. The Balaban J connectivity index is 2.64. The summed E-state index contributed by atoms with van der Waals surface area (Å²) in [5.41, 5.74) is 0.706. The molecule has 0 aliphatic heterocycles. The fourth-order valence-corrected chi connectivity index (χ4v) is 1.75. The standard InChI is InChI=1S/C13H20FNO/c1-4-11(9-16-3)15-10(2)12-7-5-6-8-13(12)14/h5-8,10-11,15H,4,9H2,1-3H3. The van der Waals surface area contributed by atoms with Gasteiger partial charge in [0.1, 0.15) is 5.82 Å². The molecular formula is C13H20FNO. The molecule has 2 nitrogen and oxygen atoms in total. The van der Waals surface area contributed by atoms with Crippen molar-refractivity contribution in [1.29, 1.82) is 0 Å². The molecule has 0 aliphatic rings. The second-order valence-electron chi connectivity index (χ2n) is 3.97. The molecule has 1 N–H and O–H groups in total. The minimum atomic E-state index is -0.158. The van der Waals surface area contributed by atoms with Crippen molar-refractivity contribution in [2.24, 2.45) is 0 Å². The van der Waals surface area contributed by atoms with Gasteiger partial charge in [0.25, 0.3) is 0 Å². The van der Waals surface area contributed by atoms with Gasteiger partial charge in [-0.3, -0.25) is 0 Å². The maximum Gasteiger partial charge on any atom is 0.127 e.